The summed E-state index contributed by atoms with van der Waals surface area (Å²) in [4.78, 5) is 0. The highest BCUT2D eigenvalue weighted by Gasteiger charge is 2.25. The molecule has 10 heavy (non-hydrogen) atoms. The molecule has 1 heterocycles. The first-order chi connectivity index (χ1) is 4.72. The van der Waals surface area contributed by atoms with Gasteiger partial charge < -0.3 is 14.9 Å². The summed E-state index contributed by atoms with van der Waals surface area (Å²) in [5.41, 5.74) is 0. The van der Waals surface area contributed by atoms with Gasteiger partial charge in [0.05, 0.1) is 12.2 Å². The monoisotopic (exact) mass is 166 g/mol. The van der Waals surface area contributed by atoms with Crippen LogP contribution < -0.4 is 0 Å². The Morgan fingerprint density at radius 1 is 1.40 bits per heavy atom. The predicted octanol–water partition coefficient (Wildman–Crippen LogP) is 0.0835. The fraction of sp³-hybridized carbons (Fsp3) is 1.00. The van der Waals surface area contributed by atoms with Gasteiger partial charge in [0, 0.05) is 18.7 Å². The second kappa shape index (κ2) is 3.53. The summed E-state index contributed by atoms with van der Waals surface area (Å²) in [5, 5.41) is 18.0. The number of ether oxygens (including phenoxy) is 1. The number of alkyl halides is 1. The van der Waals surface area contributed by atoms with Gasteiger partial charge in [0.1, 0.15) is 0 Å². The third-order valence-corrected chi connectivity index (χ3v) is 1.87. The van der Waals surface area contributed by atoms with E-state index in [-0.39, 0.29) is 6.10 Å². The summed E-state index contributed by atoms with van der Waals surface area (Å²) >= 11 is 5.46. The predicted molar refractivity (Wildman–Crippen MR) is 36.8 cm³/mol. The minimum Gasteiger partial charge on any atom is -0.393 e. The van der Waals surface area contributed by atoms with E-state index in [2.05, 4.69) is 0 Å². The molecule has 3 nitrogen and oxygen atoms in total. The molecule has 0 bridgehead atoms. The number of aliphatic hydroxyl groups excluding tert-OH is 2. The summed E-state index contributed by atoms with van der Waals surface area (Å²) in [6, 6.07) is 0. The Balaban J connectivity index is 2.35. The molecule has 2 N–H and O–H groups in total. The highest BCUT2D eigenvalue weighted by atomic mass is 35.5. The SMILES string of the molecule is O[C@@H]1C[C@@H](CCl)O[C@H](O)C1. The van der Waals surface area contributed by atoms with E-state index in [1.807, 2.05) is 0 Å². The average molecular weight is 167 g/mol. The van der Waals surface area contributed by atoms with Gasteiger partial charge in [-0.05, 0) is 0 Å². The third kappa shape index (κ3) is 2.09. The van der Waals surface area contributed by atoms with Gasteiger partial charge >= 0.3 is 0 Å². The normalized spacial score (nSPS) is 41.7. The third-order valence-electron chi connectivity index (χ3n) is 1.53. The van der Waals surface area contributed by atoms with Gasteiger partial charge in [-0.15, -0.1) is 11.6 Å². The van der Waals surface area contributed by atoms with Crippen molar-refractivity contribution in [3.8, 4) is 0 Å². The maximum absolute atomic E-state index is 9.08. The summed E-state index contributed by atoms with van der Waals surface area (Å²) < 4.78 is 4.97. The molecule has 1 rings (SSSR count). The van der Waals surface area contributed by atoms with E-state index in [0.717, 1.165) is 0 Å². The van der Waals surface area contributed by atoms with Crippen LogP contribution in [-0.2, 0) is 4.74 Å². The summed E-state index contributed by atoms with van der Waals surface area (Å²) in [6.45, 7) is 0. The molecule has 0 amide bonds. The Kier molecular flexibility index (Phi) is 2.92. The van der Waals surface area contributed by atoms with Crippen LogP contribution in [0.1, 0.15) is 12.8 Å². The zero-order valence-electron chi connectivity index (χ0n) is 5.53. The molecule has 1 saturated heterocycles. The standard InChI is InChI=1S/C6H11ClO3/c7-3-5-1-4(8)2-6(9)10-5/h4-6,8-9H,1-3H2/t4-,5+,6+/m1/s1. The maximum atomic E-state index is 9.08. The van der Waals surface area contributed by atoms with Gasteiger partial charge in [0.2, 0.25) is 0 Å². The van der Waals surface area contributed by atoms with E-state index in [9.17, 15) is 0 Å². The maximum Gasteiger partial charge on any atom is 0.157 e. The molecule has 3 atom stereocenters. The van der Waals surface area contributed by atoms with E-state index in [4.69, 9.17) is 26.6 Å². The smallest absolute Gasteiger partial charge is 0.157 e. The molecule has 0 saturated carbocycles. The second-order valence-corrected chi connectivity index (χ2v) is 2.80. The van der Waals surface area contributed by atoms with Crippen LogP contribution in [0.15, 0.2) is 0 Å². The Hall–Kier alpha value is 0.170. The van der Waals surface area contributed by atoms with Crippen LogP contribution in [0.25, 0.3) is 0 Å². The van der Waals surface area contributed by atoms with Crippen molar-refractivity contribution < 1.29 is 14.9 Å². The van der Waals surface area contributed by atoms with E-state index in [1.165, 1.54) is 0 Å². The van der Waals surface area contributed by atoms with E-state index in [0.29, 0.717) is 18.7 Å². The van der Waals surface area contributed by atoms with Crippen molar-refractivity contribution in [2.24, 2.45) is 0 Å². The summed E-state index contributed by atoms with van der Waals surface area (Å²) in [5.74, 6) is 0.327. The minimum atomic E-state index is -0.840. The van der Waals surface area contributed by atoms with E-state index < -0.39 is 12.4 Å². The van der Waals surface area contributed by atoms with Crippen molar-refractivity contribution in [3.05, 3.63) is 0 Å². The first-order valence-electron chi connectivity index (χ1n) is 3.30. The second-order valence-electron chi connectivity index (χ2n) is 2.49. The van der Waals surface area contributed by atoms with E-state index >= 15 is 0 Å². The topological polar surface area (TPSA) is 49.7 Å². The number of rotatable bonds is 1. The van der Waals surface area contributed by atoms with Crippen LogP contribution in [0.5, 0.6) is 0 Å². The lowest BCUT2D eigenvalue weighted by atomic mass is 10.1. The minimum absolute atomic E-state index is 0.194. The van der Waals surface area contributed by atoms with Crippen molar-refractivity contribution in [3.63, 3.8) is 0 Å². The molecule has 0 radical (unpaired) electrons. The lowest BCUT2D eigenvalue weighted by molar-refractivity contribution is -0.182. The van der Waals surface area contributed by atoms with Crippen molar-refractivity contribution in [2.45, 2.75) is 31.3 Å². The molecule has 4 heteroatoms. The average Bonchev–Trinajstić information content (AvgIpc) is 1.85. The van der Waals surface area contributed by atoms with Crippen LogP contribution in [0.3, 0.4) is 0 Å². The fourth-order valence-electron chi connectivity index (χ4n) is 1.07. The molecular formula is C6H11ClO3. The van der Waals surface area contributed by atoms with Gasteiger partial charge in [0.15, 0.2) is 6.29 Å². The van der Waals surface area contributed by atoms with Crippen LogP contribution in [0, 0.1) is 0 Å². The molecule has 60 valence electrons. The van der Waals surface area contributed by atoms with Gasteiger partial charge in [-0.3, -0.25) is 0 Å². The fourth-order valence-corrected chi connectivity index (χ4v) is 1.26. The largest absolute Gasteiger partial charge is 0.393 e. The highest BCUT2D eigenvalue weighted by molar-refractivity contribution is 6.18. The first kappa shape index (κ1) is 8.27. The molecular weight excluding hydrogens is 156 g/mol. The van der Waals surface area contributed by atoms with Crippen molar-refractivity contribution >= 4 is 11.6 Å². The van der Waals surface area contributed by atoms with Crippen LogP contribution >= 0.6 is 11.6 Å². The summed E-state index contributed by atoms with van der Waals surface area (Å²) in [7, 11) is 0. The highest BCUT2D eigenvalue weighted by Crippen LogP contribution is 2.18. The molecule has 0 aromatic rings. The molecule has 0 unspecified atom stereocenters. The first-order valence-corrected chi connectivity index (χ1v) is 3.83. The van der Waals surface area contributed by atoms with Crippen molar-refractivity contribution in [1.82, 2.24) is 0 Å². The zero-order chi connectivity index (χ0) is 7.56. The quantitative estimate of drug-likeness (QED) is 0.543. The van der Waals surface area contributed by atoms with E-state index in [1.54, 1.807) is 0 Å². The molecule has 0 spiro atoms. The molecule has 0 aliphatic carbocycles. The Morgan fingerprint density at radius 3 is 2.60 bits per heavy atom. The number of hydrogen-bond acceptors (Lipinski definition) is 3. The molecule has 1 aliphatic heterocycles. The van der Waals surface area contributed by atoms with Crippen LogP contribution in [-0.4, -0.2) is 34.6 Å². The summed E-state index contributed by atoms with van der Waals surface area (Å²) in [6.07, 6.45) is -0.672. The molecule has 1 aliphatic rings. The number of hydrogen-bond donors (Lipinski definition) is 2. The lowest BCUT2D eigenvalue weighted by Gasteiger charge is -2.28. The van der Waals surface area contributed by atoms with Crippen LogP contribution in [0.2, 0.25) is 0 Å². The number of aliphatic hydroxyl groups is 2. The lowest BCUT2D eigenvalue weighted by Crippen LogP contribution is -2.36. The van der Waals surface area contributed by atoms with Crippen molar-refractivity contribution in [1.29, 1.82) is 0 Å². The Morgan fingerprint density at radius 2 is 2.10 bits per heavy atom. The number of halogens is 1. The molecule has 0 aromatic heterocycles. The van der Waals surface area contributed by atoms with Gasteiger partial charge in [-0.1, -0.05) is 0 Å². The zero-order valence-corrected chi connectivity index (χ0v) is 6.29. The Labute approximate surface area is 64.6 Å². The van der Waals surface area contributed by atoms with Crippen molar-refractivity contribution in [2.75, 3.05) is 5.88 Å². The molecule has 1 fully saturated rings. The molecule has 0 aromatic carbocycles. The Bertz CT molecular complexity index is 99.2. The van der Waals surface area contributed by atoms with Gasteiger partial charge in [0.25, 0.3) is 0 Å². The van der Waals surface area contributed by atoms with Gasteiger partial charge in [-0.25, -0.2) is 0 Å². The van der Waals surface area contributed by atoms with Crippen LogP contribution in [0.4, 0.5) is 0 Å². The van der Waals surface area contributed by atoms with Gasteiger partial charge in [-0.2, -0.15) is 0 Å².